The van der Waals surface area contributed by atoms with E-state index in [0.717, 1.165) is 10.6 Å². The van der Waals surface area contributed by atoms with Gasteiger partial charge in [-0.2, -0.15) is 5.26 Å². The van der Waals surface area contributed by atoms with E-state index in [1.54, 1.807) is 11.4 Å². The fourth-order valence-corrected chi connectivity index (χ4v) is 3.66. The molecule has 0 aliphatic rings. The van der Waals surface area contributed by atoms with Gasteiger partial charge in [0.05, 0.1) is 11.3 Å². The van der Waals surface area contributed by atoms with Crippen LogP contribution in [0.15, 0.2) is 41.8 Å². The van der Waals surface area contributed by atoms with Crippen molar-refractivity contribution in [1.29, 1.82) is 5.26 Å². The van der Waals surface area contributed by atoms with Crippen molar-refractivity contribution >= 4 is 33.6 Å². The third-order valence-electron chi connectivity index (χ3n) is 3.04. The van der Waals surface area contributed by atoms with Gasteiger partial charge in [0.1, 0.15) is 21.0 Å². The molecule has 0 radical (unpaired) electrons. The number of amides is 1. The third-order valence-corrected chi connectivity index (χ3v) is 5.07. The second kappa shape index (κ2) is 6.10. The fourth-order valence-electron chi connectivity index (χ4n) is 1.97. The zero-order chi connectivity index (χ0) is 15.5. The zero-order valence-electron chi connectivity index (χ0n) is 11.7. The minimum Gasteiger partial charge on any atom is -0.312 e. The lowest BCUT2D eigenvalue weighted by Crippen LogP contribution is -2.11. The van der Waals surface area contributed by atoms with E-state index in [4.69, 9.17) is 5.26 Å². The molecule has 6 heteroatoms. The molecule has 0 aliphatic heterocycles. The van der Waals surface area contributed by atoms with E-state index in [2.05, 4.69) is 16.4 Å². The number of aryl methyl sites for hydroxylation is 1. The van der Waals surface area contributed by atoms with Crippen LogP contribution in [0.3, 0.4) is 0 Å². The summed E-state index contributed by atoms with van der Waals surface area (Å²) in [4.78, 5) is 17.4. The van der Waals surface area contributed by atoms with Crippen LogP contribution in [0.2, 0.25) is 0 Å². The van der Waals surface area contributed by atoms with Gasteiger partial charge in [-0.25, -0.2) is 4.98 Å². The van der Waals surface area contributed by atoms with Gasteiger partial charge in [0, 0.05) is 5.56 Å². The Hall–Kier alpha value is -2.49. The molecule has 4 nitrogen and oxygen atoms in total. The van der Waals surface area contributed by atoms with Crippen LogP contribution in [-0.4, -0.2) is 10.9 Å². The van der Waals surface area contributed by atoms with Crippen LogP contribution in [0.5, 0.6) is 0 Å². The van der Waals surface area contributed by atoms with Crippen molar-refractivity contribution in [3.63, 3.8) is 0 Å². The summed E-state index contributed by atoms with van der Waals surface area (Å²) in [6.45, 7) is 1.82. The van der Waals surface area contributed by atoms with E-state index in [9.17, 15) is 4.79 Å². The van der Waals surface area contributed by atoms with E-state index in [-0.39, 0.29) is 5.91 Å². The first-order chi connectivity index (χ1) is 10.7. The van der Waals surface area contributed by atoms with Gasteiger partial charge in [0.25, 0.3) is 5.91 Å². The van der Waals surface area contributed by atoms with Crippen molar-refractivity contribution < 1.29 is 4.79 Å². The summed E-state index contributed by atoms with van der Waals surface area (Å²) in [5, 5.41) is 15.0. The molecule has 0 bridgehead atoms. The van der Waals surface area contributed by atoms with Gasteiger partial charge in [-0.15, -0.1) is 22.7 Å². The molecule has 3 aromatic rings. The largest absolute Gasteiger partial charge is 0.312 e. The molecule has 1 N–H and O–H groups in total. The Morgan fingerprint density at radius 1 is 1.27 bits per heavy atom. The fraction of sp³-hybridized carbons (Fsp3) is 0.0625. The molecule has 0 saturated carbocycles. The third kappa shape index (κ3) is 2.77. The van der Waals surface area contributed by atoms with E-state index < -0.39 is 0 Å². The summed E-state index contributed by atoms with van der Waals surface area (Å²) in [6.07, 6.45) is 0. The molecule has 3 rings (SSSR count). The molecule has 0 fully saturated rings. The number of rotatable bonds is 3. The van der Waals surface area contributed by atoms with Crippen LogP contribution in [-0.2, 0) is 0 Å². The topological polar surface area (TPSA) is 65.8 Å². The van der Waals surface area contributed by atoms with E-state index in [0.29, 0.717) is 21.1 Å². The Bertz CT molecular complexity index is 859. The van der Waals surface area contributed by atoms with Crippen LogP contribution in [0.1, 0.15) is 20.9 Å². The van der Waals surface area contributed by atoms with Crippen LogP contribution >= 0.6 is 22.7 Å². The molecule has 0 atom stereocenters. The number of carbonyl (C=O) groups excluding carboxylic acids is 1. The lowest BCUT2D eigenvalue weighted by molar-refractivity contribution is 0.103. The normalized spacial score (nSPS) is 10.2. The molecule has 0 aliphatic carbocycles. The minimum atomic E-state index is -0.226. The summed E-state index contributed by atoms with van der Waals surface area (Å²) >= 11 is 2.69. The molecule has 22 heavy (non-hydrogen) atoms. The molecule has 0 spiro atoms. The Labute approximate surface area is 135 Å². The highest BCUT2D eigenvalue weighted by atomic mass is 32.1. The maximum atomic E-state index is 12.4. The number of aromatic nitrogens is 1. The number of hydrogen-bond donors (Lipinski definition) is 1. The first-order valence-electron chi connectivity index (χ1n) is 6.51. The number of nitrogens with zero attached hydrogens (tertiary/aromatic N) is 2. The van der Waals surface area contributed by atoms with Crippen molar-refractivity contribution in [3.8, 4) is 16.6 Å². The minimum absolute atomic E-state index is 0.226. The van der Waals surface area contributed by atoms with Gasteiger partial charge in [-0.3, -0.25) is 4.79 Å². The Balaban J connectivity index is 1.88. The number of benzene rings is 1. The van der Waals surface area contributed by atoms with Gasteiger partial charge in [-0.1, -0.05) is 30.3 Å². The van der Waals surface area contributed by atoms with Crippen molar-refractivity contribution in [1.82, 2.24) is 4.98 Å². The van der Waals surface area contributed by atoms with Crippen molar-refractivity contribution in [3.05, 3.63) is 57.9 Å². The number of thiazole rings is 1. The summed E-state index contributed by atoms with van der Waals surface area (Å²) in [6, 6.07) is 13.5. The highest BCUT2D eigenvalue weighted by Gasteiger charge is 2.17. The Morgan fingerprint density at radius 2 is 2.05 bits per heavy atom. The van der Waals surface area contributed by atoms with Crippen LogP contribution in [0.25, 0.3) is 10.6 Å². The zero-order valence-corrected chi connectivity index (χ0v) is 13.3. The summed E-state index contributed by atoms with van der Waals surface area (Å²) in [7, 11) is 0. The molecule has 2 aromatic heterocycles. The molecular formula is C16H11N3OS2. The van der Waals surface area contributed by atoms with Gasteiger partial charge in [0.2, 0.25) is 0 Å². The highest BCUT2D eigenvalue weighted by molar-refractivity contribution is 7.17. The molecule has 1 aromatic carbocycles. The predicted molar refractivity (Wildman–Crippen MR) is 89.3 cm³/mol. The Kier molecular flexibility index (Phi) is 4.00. The number of anilines is 1. The summed E-state index contributed by atoms with van der Waals surface area (Å²) < 4.78 is 0. The van der Waals surface area contributed by atoms with Gasteiger partial charge in [0.15, 0.2) is 0 Å². The second-order valence-corrected chi connectivity index (χ2v) is 6.44. The quantitative estimate of drug-likeness (QED) is 0.780. The molecule has 2 heterocycles. The number of nitrogens with one attached hydrogen (secondary N) is 1. The van der Waals surface area contributed by atoms with E-state index in [1.807, 2.05) is 37.3 Å². The van der Waals surface area contributed by atoms with Gasteiger partial charge in [-0.05, 0) is 18.4 Å². The average molecular weight is 325 g/mol. The van der Waals surface area contributed by atoms with Gasteiger partial charge >= 0.3 is 0 Å². The summed E-state index contributed by atoms with van der Waals surface area (Å²) in [5.74, 6) is -0.226. The molecule has 0 saturated heterocycles. The number of thiophene rings is 1. The van der Waals surface area contributed by atoms with Crippen LogP contribution in [0, 0.1) is 18.3 Å². The van der Waals surface area contributed by atoms with Crippen molar-refractivity contribution in [2.24, 2.45) is 0 Å². The lowest BCUT2D eigenvalue weighted by Gasteiger charge is -2.01. The van der Waals surface area contributed by atoms with E-state index in [1.165, 1.54) is 22.7 Å². The van der Waals surface area contributed by atoms with Crippen molar-refractivity contribution in [2.45, 2.75) is 6.92 Å². The number of nitriles is 1. The first-order valence-corrected chi connectivity index (χ1v) is 8.20. The Morgan fingerprint density at radius 3 is 2.77 bits per heavy atom. The predicted octanol–water partition coefficient (Wildman–Crippen LogP) is 4.30. The number of hydrogen-bond acceptors (Lipinski definition) is 5. The first kappa shape index (κ1) is 14.4. The number of carbonyl (C=O) groups is 1. The molecule has 1 amide bonds. The van der Waals surface area contributed by atoms with Crippen LogP contribution < -0.4 is 5.32 Å². The highest BCUT2D eigenvalue weighted by Crippen LogP contribution is 2.29. The smallest absolute Gasteiger partial charge is 0.268 e. The van der Waals surface area contributed by atoms with Crippen LogP contribution in [0.4, 0.5) is 5.00 Å². The van der Waals surface area contributed by atoms with Crippen molar-refractivity contribution in [2.75, 3.05) is 5.32 Å². The maximum absolute atomic E-state index is 12.4. The molecular weight excluding hydrogens is 314 g/mol. The van der Waals surface area contributed by atoms with Gasteiger partial charge < -0.3 is 5.32 Å². The van der Waals surface area contributed by atoms with E-state index >= 15 is 0 Å². The maximum Gasteiger partial charge on any atom is 0.268 e. The molecule has 0 unspecified atom stereocenters. The molecule has 108 valence electrons. The lowest BCUT2D eigenvalue weighted by atomic mass is 10.2. The summed E-state index contributed by atoms with van der Waals surface area (Å²) in [5.41, 5.74) is 2.16. The SMILES string of the molecule is Cc1nc(-c2ccccc2)sc1C(=O)Nc1sccc1C#N. The standard InChI is InChI=1S/C16H11N3OS2/c1-10-13(14(20)19-15-12(9-17)7-8-21-15)22-16(18-10)11-5-3-2-4-6-11/h2-8H,1H3,(H,19,20). The second-order valence-electron chi connectivity index (χ2n) is 4.53. The average Bonchev–Trinajstić information content (AvgIpc) is 3.14. The monoisotopic (exact) mass is 325 g/mol.